The smallest absolute Gasteiger partial charge is 0.222 e. The van der Waals surface area contributed by atoms with Crippen molar-refractivity contribution in [2.75, 3.05) is 44.7 Å². The van der Waals surface area contributed by atoms with Crippen molar-refractivity contribution in [2.24, 2.45) is 10.9 Å². The van der Waals surface area contributed by atoms with Gasteiger partial charge >= 0.3 is 0 Å². The zero-order valence-corrected chi connectivity index (χ0v) is 20.7. The first kappa shape index (κ1) is 25.5. The highest BCUT2D eigenvalue weighted by atomic mass is 127. The Morgan fingerprint density at radius 1 is 1.14 bits per heavy atom. The Morgan fingerprint density at radius 2 is 1.79 bits per heavy atom. The van der Waals surface area contributed by atoms with Gasteiger partial charge in [0, 0.05) is 51.4 Å². The number of anilines is 1. The molecule has 0 saturated carbocycles. The Balaban J connectivity index is 0.00000420. The van der Waals surface area contributed by atoms with Crippen molar-refractivity contribution < 1.29 is 4.79 Å². The zero-order valence-electron chi connectivity index (χ0n) is 18.4. The summed E-state index contributed by atoms with van der Waals surface area (Å²) in [5.74, 6) is 0.941. The summed E-state index contributed by atoms with van der Waals surface area (Å²) in [6, 6.07) is 8.90. The maximum absolute atomic E-state index is 11.6. The predicted octanol–water partition coefficient (Wildman–Crippen LogP) is 3.46. The molecule has 0 unspecified atom stereocenters. The fourth-order valence-electron chi connectivity index (χ4n) is 3.33. The van der Waals surface area contributed by atoms with Crippen LogP contribution in [-0.2, 0) is 11.3 Å². The molecule has 0 bridgehead atoms. The third kappa shape index (κ3) is 8.80. The van der Waals surface area contributed by atoms with E-state index >= 15 is 0 Å². The van der Waals surface area contributed by atoms with Crippen LogP contribution in [-0.4, -0.2) is 56.5 Å². The topological polar surface area (TPSA) is 60.0 Å². The van der Waals surface area contributed by atoms with E-state index < -0.39 is 0 Å². The van der Waals surface area contributed by atoms with Gasteiger partial charge in [-0.2, -0.15) is 0 Å². The Morgan fingerprint density at radius 3 is 2.38 bits per heavy atom. The summed E-state index contributed by atoms with van der Waals surface area (Å²) in [5.41, 5.74) is 2.59. The minimum absolute atomic E-state index is 0. The molecule has 164 valence electrons. The molecule has 0 aromatic heterocycles. The Hall–Kier alpha value is -1.51. The van der Waals surface area contributed by atoms with E-state index in [1.807, 2.05) is 20.9 Å². The summed E-state index contributed by atoms with van der Waals surface area (Å²) in [7, 11) is 2.05. The average molecular weight is 515 g/mol. The molecule has 6 nitrogen and oxygen atoms in total. The number of nitrogens with one attached hydrogen (secondary N) is 2. The van der Waals surface area contributed by atoms with E-state index in [4.69, 9.17) is 0 Å². The molecule has 1 aliphatic rings. The molecular weight excluding hydrogens is 477 g/mol. The molecule has 29 heavy (non-hydrogen) atoms. The second-order valence-electron chi connectivity index (χ2n) is 7.75. The van der Waals surface area contributed by atoms with Crippen LogP contribution in [0.3, 0.4) is 0 Å². The van der Waals surface area contributed by atoms with Gasteiger partial charge in [0.05, 0.1) is 6.54 Å². The van der Waals surface area contributed by atoms with Crippen LogP contribution in [0.15, 0.2) is 29.3 Å². The van der Waals surface area contributed by atoms with Gasteiger partial charge in [0.15, 0.2) is 5.96 Å². The molecule has 1 saturated heterocycles. The molecule has 1 aromatic carbocycles. The summed E-state index contributed by atoms with van der Waals surface area (Å²) >= 11 is 0. The largest absolute Gasteiger partial charge is 0.372 e. The number of hydrogen-bond acceptors (Lipinski definition) is 3. The lowest BCUT2D eigenvalue weighted by Crippen LogP contribution is -2.39. The Bertz CT molecular complexity index is 627. The van der Waals surface area contributed by atoms with Gasteiger partial charge in [0.1, 0.15) is 0 Å². The van der Waals surface area contributed by atoms with Gasteiger partial charge in [0.2, 0.25) is 5.91 Å². The molecule has 1 aromatic rings. The number of guanidine groups is 1. The van der Waals surface area contributed by atoms with Crippen LogP contribution < -0.4 is 15.5 Å². The van der Waals surface area contributed by atoms with Gasteiger partial charge in [-0.1, -0.05) is 26.0 Å². The van der Waals surface area contributed by atoms with Crippen molar-refractivity contribution in [3.8, 4) is 0 Å². The molecule has 2 rings (SSSR count). The second kappa shape index (κ2) is 13.7. The quantitative estimate of drug-likeness (QED) is 0.241. The molecule has 1 aliphatic heterocycles. The first-order chi connectivity index (χ1) is 13.5. The summed E-state index contributed by atoms with van der Waals surface area (Å²) in [4.78, 5) is 20.9. The van der Waals surface area contributed by atoms with Crippen molar-refractivity contribution in [1.82, 2.24) is 15.5 Å². The van der Waals surface area contributed by atoms with Crippen molar-refractivity contribution in [3.05, 3.63) is 29.8 Å². The Labute approximate surface area is 193 Å². The second-order valence-corrected chi connectivity index (χ2v) is 7.75. The third-order valence-corrected chi connectivity index (χ3v) is 4.97. The van der Waals surface area contributed by atoms with Crippen LogP contribution in [0.25, 0.3) is 0 Å². The van der Waals surface area contributed by atoms with E-state index in [-0.39, 0.29) is 35.8 Å². The Kier molecular flexibility index (Phi) is 12.0. The van der Waals surface area contributed by atoms with Gasteiger partial charge in [0.25, 0.3) is 0 Å². The van der Waals surface area contributed by atoms with E-state index in [1.54, 1.807) is 0 Å². The first-order valence-corrected chi connectivity index (χ1v) is 10.6. The average Bonchev–Trinajstić information content (AvgIpc) is 2.71. The van der Waals surface area contributed by atoms with Crippen LogP contribution in [0, 0.1) is 5.92 Å². The third-order valence-electron chi connectivity index (χ3n) is 4.97. The number of piperidine rings is 1. The lowest BCUT2D eigenvalue weighted by atomic mass is 10.1. The fourth-order valence-corrected chi connectivity index (χ4v) is 3.33. The maximum Gasteiger partial charge on any atom is 0.222 e. The molecule has 2 N–H and O–H groups in total. The van der Waals surface area contributed by atoms with Crippen molar-refractivity contribution in [3.63, 3.8) is 0 Å². The molecule has 0 atom stereocenters. The maximum atomic E-state index is 11.6. The molecule has 1 heterocycles. The standard InChI is InChI=1S/C22H37N5O.HI/c1-5-23-22(25-14-13-24-21(28)18(2)3)26(4)17-19-9-11-20(12-10-19)27-15-7-6-8-16-27;/h9-12,18H,5-8,13-17H2,1-4H3,(H,23,25)(H,24,28);1H. The number of amides is 1. The van der Waals surface area contributed by atoms with E-state index in [1.165, 1.54) is 43.6 Å². The predicted molar refractivity (Wildman–Crippen MR) is 133 cm³/mol. The summed E-state index contributed by atoms with van der Waals surface area (Å²) < 4.78 is 0. The van der Waals surface area contributed by atoms with Crippen molar-refractivity contribution in [2.45, 2.75) is 46.6 Å². The normalized spacial score (nSPS) is 14.4. The van der Waals surface area contributed by atoms with Gasteiger partial charge in [-0.25, -0.2) is 0 Å². The highest BCUT2D eigenvalue weighted by Crippen LogP contribution is 2.20. The number of nitrogens with zero attached hydrogens (tertiary/aromatic N) is 3. The van der Waals surface area contributed by atoms with E-state index in [0.29, 0.717) is 13.1 Å². The molecule has 0 radical (unpaired) electrons. The lowest BCUT2D eigenvalue weighted by Gasteiger charge is -2.29. The number of halogens is 1. The van der Waals surface area contributed by atoms with Gasteiger partial charge in [-0.3, -0.25) is 9.79 Å². The SMILES string of the molecule is CCNC(=NCCNC(=O)C(C)C)N(C)Cc1ccc(N2CCCCC2)cc1.I. The van der Waals surface area contributed by atoms with E-state index in [0.717, 1.165) is 19.0 Å². The molecule has 1 fully saturated rings. The molecule has 0 spiro atoms. The first-order valence-electron chi connectivity index (χ1n) is 10.6. The highest BCUT2D eigenvalue weighted by molar-refractivity contribution is 14.0. The summed E-state index contributed by atoms with van der Waals surface area (Å²) in [5, 5.41) is 6.24. The number of rotatable bonds is 8. The van der Waals surface area contributed by atoms with E-state index in [9.17, 15) is 4.79 Å². The van der Waals surface area contributed by atoms with Gasteiger partial charge < -0.3 is 20.4 Å². The monoisotopic (exact) mass is 515 g/mol. The molecular formula is C22H38IN5O. The summed E-state index contributed by atoms with van der Waals surface area (Å²) in [6.45, 7) is 10.9. The van der Waals surface area contributed by atoms with Crippen molar-refractivity contribution in [1.29, 1.82) is 0 Å². The zero-order chi connectivity index (χ0) is 20.4. The van der Waals surface area contributed by atoms with Crippen LogP contribution in [0.1, 0.15) is 45.6 Å². The number of carbonyl (C=O) groups excluding carboxylic acids is 1. The summed E-state index contributed by atoms with van der Waals surface area (Å²) in [6.07, 6.45) is 3.95. The number of hydrogen-bond donors (Lipinski definition) is 2. The fraction of sp³-hybridized carbons (Fsp3) is 0.636. The van der Waals surface area contributed by atoms with Crippen LogP contribution in [0.5, 0.6) is 0 Å². The minimum Gasteiger partial charge on any atom is -0.372 e. The minimum atomic E-state index is 0. The van der Waals surface area contributed by atoms with Crippen LogP contribution in [0.4, 0.5) is 5.69 Å². The lowest BCUT2D eigenvalue weighted by molar-refractivity contribution is -0.123. The van der Waals surface area contributed by atoms with Gasteiger partial charge in [-0.05, 0) is 43.9 Å². The number of carbonyl (C=O) groups is 1. The molecule has 0 aliphatic carbocycles. The number of aliphatic imine (C=N–C) groups is 1. The van der Waals surface area contributed by atoms with Crippen LogP contribution in [0.2, 0.25) is 0 Å². The highest BCUT2D eigenvalue weighted by Gasteiger charge is 2.12. The number of benzene rings is 1. The van der Waals surface area contributed by atoms with Crippen molar-refractivity contribution >= 4 is 41.5 Å². The van der Waals surface area contributed by atoms with Gasteiger partial charge in [-0.15, -0.1) is 24.0 Å². The van der Waals surface area contributed by atoms with E-state index in [2.05, 4.69) is 56.6 Å². The molecule has 7 heteroatoms. The van der Waals surface area contributed by atoms with Crippen LogP contribution >= 0.6 is 24.0 Å². The molecule has 1 amide bonds.